The summed E-state index contributed by atoms with van der Waals surface area (Å²) in [7, 11) is 3.81. The van der Waals surface area contributed by atoms with Crippen molar-refractivity contribution in [2.75, 3.05) is 58.3 Å². The van der Waals surface area contributed by atoms with Crippen LogP contribution in [0.1, 0.15) is 31.2 Å². The predicted octanol–water partition coefficient (Wildman–Crippen LogP) is 3.00. The molecule has 2 saturated heterocycles. The van der Waals surface area contributed by atoms with Crippen LogP contribution in [0.2, 0.25) is 0 Å². The number of methoxy groups -OCH3 is 1. The molecule has 3 fully saturated rings. The van der Waals surface area contributed by atoms with Gasteiger partial charge in [-0.2, -0.15) is 5.10 Å². The lowest BCUT2D eigenvalue weighted by Crippen LogP contribution is -2.53. The number of aromatic nitrogens is 2. The summed E-state index contributed by atoms with van der Waals surface area (Å²) in [5.41, 5.74) is 5.56. The second-order valence-corrected chi connectivity index (χ2v) is 11.2. The van der Waals surface area contributed by atoms with Crippen LogP contribution in [0.4, 0.5) is 5.69 Å². The Morgan fingerprint density at radius 3 is 2.55 bits per heavy atom. The van der Waals surface area contributed by atoms with E-state index in [1.54, 1.807) is 0 Å². The van der Waals surface area contributed by atoms with Crippen LogP contribution in [0.25, 0.3) is 16.6 Å². The molecule has 1 aliphatic carbocycles. The summed E-state index contributed by atoms with van der Waals surface area (Å²) in [5, 5.41) is 8.08. The smallest absolute Gasteiger partial charge is 0.226 e. The fraction of sp³-hybridized carbons (Fsp3) is 0.500. The van der Waals surface area contributed by atoms with Crippen molar-refractivity contribution in [3.05, 3.63) is 54.4 Å². The summed E-state index contributed by atoms with van der Waals surface area (Å²) < 4.78 is 9.95. The van der Waals surface area contributed by atoms with Gasteiger partial charge in [-0.05, 0) is 42.6 Å². The third-order valence-electron chi connectivity index (χ3n) is 8.98. The van der Waals surface area contributed by atoms with E-state index in [0.29, 0.717) is 11.9 Å². The van der Waals surface area contributed by atoms with Crippen LogP contribution in [0.5, 0.6) is 0 Å². The van der Waals surface area contributed by atoms with E-state index in [-0.39, 0.29) is 11.5 Å². The van der Waals surface area contributed by atoms with Gasteiger partial charge < -0.3 is 19.9 Å². The monoisotopic (exact) mass is 515 g/mol. The zero-order valence-corrected chi connectivity index (χ0v) is 22.6. The normalized spacial score (nSPS) is 25.8. The minimum atomic E-state index is -0.246. The summed E-state index contributed by atoms with van der Waals surface area (Å²) in [6.45, 7) is 9.06. The molecule has 0 unspecified atom stereocenters. The SMILES string of the molecule is C=[N+](C)C1CC(C(=O)N2CCN(c3ccnn4cc(-c5ccc([C@]6(OC)CCCNC6)cc5)cc34)CC2)C1. The Hall–Kier alpha value is -3.23. The highest BCUT2D eigenvalue weighted by molar-refractivity contribution is 5.82. The van der Waals surface area contributed by atoms with E-state index < -0.39 is 0 Å². The molecule has 8 heteroatoms. The van der Waals surface area contributed by atoms with Gasteiger partial charge in [0.05, 0.1) is 17.1 Å². The number of hydrogen-bond donors (Lipinski definition) is 1. The maximum atomic E-state index is 13.0. The van der Waals surface area contributed by atoms with Crippen molar-refractivity contribution in [1.29, 1.82) is 0 Å². The van der Waals surface area contributed by atoms with Crippen LogP contribution in [-0.4, -0.2) is 91.2 Å². The Morgan fingerprint density at radius 2 is 1.89 bits per heavy atom. The summed E-state index contributed by atoms with van der Waals surface area (Å²) >= 11 is 0. The van der Waals surface area contributed by atoms with Crippen LogP contribution in [0.3, 0.4) is 0 Å². The Kier molecular flexibility index (Phi) is 6.70. The van der Waals surface area contributed by atoms with Crippen LogP contribution in [0.15, 0.2) is 48.8 Å². The molecule has 8 nitrogen and oxygen atoms in total. The molecule has 3 aromatic rings. The number of carbonyl (C=O) groups is 1. The number of rotatable bonds is 6. The molecule has 1 aromatic carbocycles. The first-order valence-corrected chi connectivity index (χ1v) is 13.9. The van der Waals surface area contributed by atoms with E-state index >= 15 is 0 Å². The molecule has 6 rings (SSSR count). The van der Waals surface area contributed by atoms with Gasteiger partial charge in [0.25, 0.3) is 0 Å². The van der Waals surface area contributed by atoms with E-state index in [1.807, 2.05) is 29.4 Å². The number of fused-ring (bicyclic) bond motifs is 1. The van der Waals surface area contributed by atoms with Gasteiger partial charge in [-0.1, -0.05) is 24.3 Å². The zero-order chi connectivity index (χ0) is 26.3. The number of piperazine rings is 1. The Balaban J connectivity index is 1.16. The lowest BCUT2D eigenvalue weighted by atomic mass is 9.79. The van der Waals surface area contributed by atoms with Crippen molar-refractivity contribution in [2.24, 2.45) is 5.92 Å². The molecule has 0 spiro atoms. The number of nitrogens with zero attached hydrogens (tertiary/aromatic N) is 5. The minimum Gasteiger partial charge on any atom is -0.372 e. The molecule has 0 bridgehead atoms. The highest BCUT2D eigenvalue weighted by atomic mass is 16.5. The van der Waals surface area contributed by atoms with Gasteiger partial charge in [0.15, 0.2) is 6.04 Å². The van der Waals surface area contributed by atoms with E-state index in [0.717, 1.165) is 76.0 Å². The molecule has 200 valence electrons. The number of hydrogen-bond acceptors (Lipinski definition) is 5. The first-order valence-electron chi connectivity index (χ1n) is 13.9. The summed E-state index contributed by atoms with van der Waals surface area (Å²) in [4.78, 5) is 17.4. The number of amides is 1. The summed E-state index contributed by atoms with van der Waals surface area (Å²) in [6, 6.07) is 13.6. The maximum Gasteiger partial charge on any atom is 0.226 e. The van der Waals surface area contributed by atoms with E-state index in [1.165, 1.54) is 16.8 Å². The van der Waals surface area contributed by atoms with Crippen molar-refractivity contribution < 1.29 is 14.1 Å². The van der Waals surface area contributed by atoms with Gasteiger partial charge in [-0.3, -0.25) is 4.79 Å². The average Bonchev–Trinajstić information content (AvgIpc) is 3.37. The number of carbonyl (C=O) groups excluding carboxylic acids is 1. The third-order valence-corrected chi connectivity index (χ3v) is 8.98. The molecule has 3 aliphatic rings. The van der Waals surface area contributed by atoms with Crippen LogP contribution in [-0.2, 0) is 15.1 Å². The van der Waals surface area contributed by atoms with Crippen LogP contribution in [0, 0.1) is 5.92 Å². The molecule has 2 aromatic heterocycles. The predicted molar refractivity (Wildman–Crippen MR) is 150 cm³/mol. The van der Waals surface area contributed by atoms with E-state index in [9.17, 15) is 4.79 Å². The standard InChI is InChI=1S/C30H39N6O2/c1-33(2)26-17-23(18-26)29(37)35-15-13-34(14-16-35)27-9-12-32-36-20-24(19-28(27)36)22-5-7-25(8-6-22)30(38-3)10-4-11-31-21-30/h5-9,12,19-20,23,26,31H,1,4,10-11,13-18,21H2,2-3H3/q+1/t23?,26?,30-/m0/s1. The maximum absolute atomic E-state index is 13.0. The number of anilines is 1. The second kappa shape index (κ2) is 10.2. The molecule has 1 N–H and O–H groups in total. The lowest BCUT2D eigenvalue weighted by molar-refractivity contribution is -0.546. The molecular formula is C30H39N6O2+. The van der Waals surface area contributed by atoms with E-state index in [4.69, 9.17) is 4.74 Å². The molecular weight excluding hydrogens is 476 g/mol. The largest absolute Gasteiger partial charge is 0.372 e. The number of ether oxygens (including phenoxy) is 1. The second-order valence-electron chi connectivity index (χ2n) is 11.2. The molecule has 1 atom stereocenters. The van der Waals surface area contributed by atoms with Gasteiger partial charge in [0, 0.05) is 70.6 Å². The Labute approximate surface area is 224 Å². The lowest BCUT2D eigenvalue weighted by Gasteiger charge is -2.40. The summed E-state index contributed by atoms with van der Waals surface area (Å²) in [6.07, 6.45) is 7.99. The van der Waals surface area contributed by atoms with Crippen molar-refractivity contribution >= 4 is 23.8 Å². The van der Waals surface area contributed by atoms with Crippen LogP contribution >= 0.6 is 0 Å². The molecule has 38 heavy (non-hydrogen) atoms. The molecule has 1 saturated carbocycles. The molecule has 1 amide bonds. The minimum absolute atomic E-state index is 0.163. The average molecular weight is 516 g/mol. The Morgan fingerprint density at radius 1 is 1.13 bits per heavy atom. The summed E-state index contributed by atoms with van der Waals surface area (Å²) in [5.74, 6) is 0.478. The van der Waals surface area contributed by atoms with Crippen LogP contribution < -0.4 is 10.2 Å². The number of piperidine rings is 1. The van der Waals surface area contributed by atoms with Gasteiger partial charge in [0.1, 0.15) is 19.4 Å². The van der Waals surface area contributed by atoms with Crippen molar-refractivity contribution in [1.82, 2.24) is 19.8 Å². The van der Waals surface area contributed by atoms with Gasteiger partial charge in [0.2, 0.25) is 5.91 Å². The molecule has 4 heterocycles. The highest BCUT2D eigenvalue weighted by Crippen LogP contribution is 2.35. The topological polar surface area (TPSA) is 65.1 Å². The molecule has 2 aliphatic heterocycles. The Bertz CT molecular complexity index is 1310. The number of benzene rings is 1. The van der Waals surface area contributed by atoms with E-state index in [2.05, 4.69) is 69.5 Å². The van der Waals surface area contributed by atoms with Gasteiger partial charge >= 0.3 is 0 Å². The fourth-order valence-corrected chi connectivity index (χ4v) is 6.38. The first-order chi connectivity index (χ1) is 18.5. The van der Waals surface area contributed by atoms with Crippen molar-refractivity contribution in [3.8, 4) is 11.1 Å². The van der Waals surface area contributed by atoms with Gasteiger partial charge in [-0.15, -0.1) is 0 Å². The highest BCUT2D eigenvalue weighted by Gasteiger charge is 2.42. The first kappa shape index (κ1) is 25.1. The number of nitrogens with one attached hydrogen (secondary N) is 1. The quantitative estimate of drug-likeness (QED) is 0.404. The van der Waals surface area contributed by atoms with Gasteiger partial charge in [-0.25, -0.2) is 9.09 Å². The molecule has 0 radical (unpaired) electrons. The van der Waals surface area contributed by atoms with Crippen molar-refractivity contribution in [3.63, 3.8) is 0 Å². The zero-order valence-electron chi connectivity index (χ0n) is 22.6. The fourth-order valence-electron chi connectivity index (χ4n) is 6.38. The van der Waals surface area contributed by atoms with Crippen molar-refractivity contribution in [2.45, 2.75) is 37.3 Å². The third kappa shape index (κ3) is 4.50.